The van der Waals surface area contributed by atoms with Crippen LogP contribution in [-0.4, -0.2) is 43.8 Å². The van der Waals surface area contributed by atoms with Gasteiger partial charge in [-0.25, -0.2) is 9.97 Å². The number of primary amides is 1. The Kier molecular flexibility index (Phi) is 5.13. The summed E-state index contributed by atoms with van der Waals surface area (Å²) in [7, 11) is 0. The third-order valence-corrected chi connectivity index (χ3v) is 6.58. The number of imidazole rings is 1. The fourth-order valence-corrected chi connectivity index (χ4v) is 5.22. The van der Waals surface area contributed by atoms with Crippen LogP contribution in [0.5, 0.6) is 0 Å². The summed E-state index contributed by atoms with van der Waals surface area (Å²) >= 11 is 1.51. The Bertz CT molecular complexity index is 1120. The van der Waals surface area contributed by atoms with Crippen LogP contribution in [0.4, 0.5) is 0 Å². The Morgan fingerprint density at radius 1 is 1.30 bits per heavy atom. The van der Waals surface area contributed by atoms with Gasteiger partial charge in [-0.3, -0.25) is 9.59 Å². The van der Waals surface area contributed by atoms with Crippen LogP contribution >= 0.6 is 11.3 Å². The Morgan fingerprint density at radius 2 is 2.07 bits per heavy atom. The van der Waals surface area contributed by atoms with Crippen LogP contribution in [0, 0.1) is 6.92 Å². The molecule has 0 bridgehead atoms. The molecule has 1 aromatic carbocycles. The summed E-state index contributed by atoms with van der Waals surface area (Å²) in [5, 5.41) is 0.741. The molecule has 3 aromatic rings. The van der Waals surface area contributed by atoms with Crippen molar-refractivity contribution in [1.82, 2.24) is 19.4 Å². The molecule has 158 valence electrons. The van der Waals surface area contributed by atoms with Gasteiger partial charge in [-0.2, -0.15) is 0 Å². The molecule has 0 saturated carbocycles. The van der Waals surface area contributed by atoms with Crippen LogP contribution in [0.25, 0.3) is 21.5 Å². The maximum Gasteiger partial charge on any atom is 0.240 e. The Balaban J connectivity index is 1.59. The van der Waals surface area contributed by atoms with Gasteiger partial charge < -0.3 is 15.2 Å². The molecule has 0 radical (unpaired) electrons. The van der Waals surface area contributed by atoms with E-state index in [9.17, 15) is 9.59 Å². The number of fused-ring (bicyclic) bond motifs is 1. The first-order chi connectivity index (χ1) is 14.1. The highest BCUT2D eigenvalue weighted by atomic mass is 32.1. The van der Waals surface area contributed by atoms with E-state index in [4.69, 9.17) is 5.73 Å². The predicted octanol–water partition coefficient (Wildman–Crippen LogP) is 3.24. The number of aryl methyl sites for hydroxylation is 1. The number of carbonyl (C=O) groups excluding carboxylic acids is 2. The van der Waals surface area contributed by atoms with E-state index in [-0.39, 0.29) is 17.9 Å². The second-order valence-electron chi connectivity index (χ2n) is 8.81. The minimum absolute atomic E-state index is 0.0740. The van der Waals surface area contributed by atoms with Gasteiger partial charge in [0.1, 0.15) is 16.9 Å². The number of likely N-dealkylation sites (tertiary alicyclic amines) is 1. The van der Waals surface area contributed by atoms with Crippen molar-refractivity contribution >= 4 is 34.2 Å². The number of hydrogen-bond donors (Lipinski definition) is 1. The summed E-state index contributed by atoms with van der Waals surface area (Å²) in [5.74, 6) is 0.466. The molecule has 1 atom stereocenters. The molecule has 0 spiro atoms. The SMILES string of the molecule is Cc1nc2ccc(-c3cnc(CC(=O)N4CCC[C@H]4C(N)=O)s3)cc2n1C(C)(C)C. The van der Waals surface area contributed by atoms with E-state index in [0.717, 1.165) is 38.7 Å². The van der Waals surface area contributed by atoms with Crippen molar-refractivity contribution in [1.29, 1.82) is 0 Å². The van der Waals surface area contributed by atoms with Gasteiger partial charge in [-0.15, -0.1) is 11.3 Å². The number of carbonyl (C=O) groups is 2. The quantitative estimate of drug-likeness (QED) is 0.694. The van der Waals surface area contributed by atoms with Crippen molar-refractivity contribution < 1.29 is 9.59 Å². The molecular weight excluding hydrogens is 398 g/mol. The number of rotatable bonds is 4. The molecule has 2 N–H and O–H groups in total. The summed E-state index contributed by atoms with van der Waals surface area (Å²) in [6, 6.07) is 5.74. The van der Waals surface area contributed by atoms with Crippen LogP contribution < -0.4 is 5.73 Å². The van der Waals surface area contributed by atoms with Crippen LogP contribution in [0.2, 0.25) is 0 Å². The number of nitrogens with two attached hydrogens (primary N) is 1. The lowest BCUT2D eigenvalue weighted by Gasteiger charge is -2.23. The average molecular weight is 426 g/mol. The number of hydrogen-bond acceptors (Lipinski definition) is 5. The zero-order valence-electron chi connectivity index (χ0n) is 17.8. The normalized spacial score (nSPS) is 17.1. The highest BCUT2D eigenvalue weighted by molar-refractivity contribution is 7.15. The van der Waals surface area contributed by atoms with Crippen LogP contribution in [0.1, 0.15) is 44.4 Å². The summed E-state index contributed by atoms with van der Waals surface area (Å²) in [6.07, 6.45) is 3.46. The van der Waals surface area contributed by atoms with Crippen LogP contribution in [0.15, 0.2) is 24.4 Å². The number of aromatic nitrogens is 3. The fraction of sp³-hybridized carbons (Fsp3) is 0.455. The van der Waals surface area contributed by atoms with Gasteiger partial charge >= 0.3 is 0 Å². The highest BCUT2D eigenvalue weighted by Gasteiger charge is 2.32. The molecule has 2 amide bonds. The molecule has 2 aromatic heterocycles. The maximum atomic E-state index is 12.7. The number of nitrogens with zero attached hydrogens (tertiary/aromatic N) is 4. The summed E-state index contributed by atoms with van der Waals surface area (Å²) in [4.78, 5) is 36.0. The number of thiazole rings is 1. The topological polar surface area (TPSA) is 94.1 Å². The number of amides is 2. The largest absolute Gasteiger partial charge is 0.368 e. The minimum Gasteiger partial charge on any atom is -0.368 e. The van der Waals surface area contributed by atoms with E-state index in [1.54, 1.807) is 4.90 Å². The van der Waals surface area contributed by atoms with Crippen molar-refractivity contribution in [3.05, 3.63) is 35.2 Å². The molecule has 1 fully saturated rings. The van der Waals surface area contributed by atoms with Gasteiger partial charge in [0.25, 0.3) is 0 Å². The summed E-state index contributed by atoms with van der Waals surface area (Å²) in [5.41, 5.74) is 8.48. The Hall–Kier alpha value is -2.74. The van der Waals surface area contributed by atoms with E-state index in [0.29, 0.717) is 13.0 Å². The lowest BCUT2D eigenvalue weighted by atomic mass is 10.1. The monoisotopic (exact) mass is 425 g/mol. The Labute approximate surface area is 179 Å². The number of benzene rings is 1. The van der Waals surface area contributed by atoms with Crippen molar-refractivity contribution in [2.45, 2.75) is 58.5 Å². The molecular formula is C22H27N5O2S. The lowest BCUT2D eigenvalue weighted by molar-refractivity contribution is -0.136. The van der Waals surface area contributed by atoms with E-state index >= 15 is 0 Å². The molecule has 7 nitrogen and oxygen atoms in total. The first-order valence-electron chi connectivity index (χ1n) is 10.2. The first kappa shape index (κ1) is 20.5. The van der Waals surface area contributed by atoms with Gasteiger partial charge in [0.15, 0.2) is 0 Å². The van der Waals surface area contributed by atoms with Gasteiger partial charge in [-0.1, -0.05) is 6.07 Å². The smallest absolute Gasteiger partial charge is 0.240 e. The van der Waals surface area contributed by atoms with Crippen LogP contribution in [0.3, 0.4) is 0 Å². The summed E-state index contributed by atoms with van der Waals surface area (Å²) in [6.45, 7) is 9.11. The minimum atomic E-state index is -0.486. The molecule has 0 unspecified atom stereocenters. The average Bonchev–Trinajstić information content (AvgIpc) is 3.37. The zero-order chi connectivity index (χ0) is 21.6. The van der Waals surface area contributed by atoms with Crippen molar-refractivity contribution in [3.63, 3.8) is 0 Å². The van der Waals surface area contributed by atoms with Gasteiger partial charge in [-0.05, 0) is 58.2 Å². The highest BCUT2D eigenvalue weighted by Crippen LogP contribution is 2.32. The van der Waals surface area contributed by atoms with Crippen molar-refractivity contribution in [3.8, 4) is 10.4 Å². The molecule has 1 saturated heterocycles. The standard InChI is InChI=1S/C22H27N5O2S/c1-13-25-15-8-7-14(10-17(15)27(13)22(2,3)4)18-12-24-19(30-18)11-20(28)26-9-5-6-16(26)21(23)29/h7-8,10,12,16H,5-6,9,11H2,1-4H3,(H2,23,29)/t16-/m0/s1. The van der Waals surface area contributed by atoms with E-state index in [2.05, 4.69) is 41.4 Å². The molecule has 3 heterocycles. The lowest BCUT2D eigenvalue weighted by Crippen LogP contribution is -2.44. The van der Waals surface area contributed by atoms with Crippen molar-refractivity contribution in [2.75, 3.05) is 6.54 Å². The van der Waals surface area contributed by atoms with E-state index in [1.807, 2.05) is 25.3 Å². The van der Waals surface area contributed by atoms with Crippen LogP contribution in [-0.2, 0) is 21.5 Å². The maximum absolute atomic E-state index is 12.7. The van der Waals surface area contributed by atoms with E-state index < -0.39 is 11.9 Å². The van der Waals surface area contributed by atoms with E-state index in [1.165, 1.54) is 11.3 Å². The third-order valence-electron chi connectivity index (χ3n) is 5.54. The van der Waals surface area contributed by atoms with Gasteiger partial charge in [0.2, 0.25) is 11.8 Å². The fourth-order valence-electron chi connectivity index (χ4n) is 4.31. The first-order valence-corrected chi connectivity index (χ1v) is 11.0. The second kappa shape index (κ2) is 7.50. The molecule has 8 heteroatoms. The Morgan fingerprint density at radius 3 is 2.77 bits per heavy atom. The molecule has 30 heavy (non-hydrogen) atoms. The zero-order valence-corrected chi connectivity index (χ0v) is 18.6. The predicted molar refractivity (Wildman–Crippen MR) is 118 cm³/mol. The van der Waals surface area contributed by atoms with Gasteiger partial charge in [0.05, 0.1) is 22.3 Å². The molecule has 0 aliphatic carbocycles. The van der Waals surface area contributed by atoms with Gasteiger partial charge in [0, 0.05) is 18.3 Å². The second-order valence-corrected chi connectivity index (χ2v) is 9.93. The molecule has 4 rings (SSSR count). The summed E-state index contributed by atoms with van der Waals surface area (Å²) < 4.78 is 2.24. The van der Waals surface area contributed by atoms with Crippen molar-refractivity contribution in [2.24, 2.45) is 5.73 Å². The third kappa shape index (κ3) is 3.71. The molecule has 1 aliphatic heterocycles. The molecule has 1 aliphatic rings.